The molecule has 0 N–H and O–H groups in total. The van der Waals surface area contributed by atoms with Crippen molar-refractivity contribution in [3.63, 3.8) is 0 Å². The Bertz CT molecular complexity index is 977. The molecule has 0 radical (unpaired) electrons. The highest BCUT2D eigenvalue weighted by Crippen LogP contribution is 2.29. The summed E-state index contributed by atoms with van der Waals surface area (Å²) in [6.07, 6.45) is 0.224. The van der Waals surface area contributed by atoms with Gasteiger partial charge in [-0.2, -0.15) is 0 Å². The van der Waals surface area contributed by atoms with Gasteiger partial charge in [0.05, 0.1) is 172 Å². The van der Waals surface area contributed by atoms with Crippen LogP contribution in [0.1, 0.15) is 27.2 Å². The Kier molecular flexibility index (Phi) is 33.0. The number of nitrogens with zero attached hydrogens (tertiary/aromatic N) is 1. The Balaban J connectivity index is 1.65. The van der Waals surface area contributed by atoms with Crippen LogP contribution in [0.5, 0.6) is 0 Å². The van der Waals surface area contributed by atoms with Gasteiger partial charge in [0.25, 0.3) is 11.8 Å². The minimum absolute atomic E-state index is 0.176. The zero-order valence-electron chi connectivity index (χ0n) is 32.1. The summed E-state index contributed by atoms with van der Waals surface area (Å²) in [6.45, 7) is 16.2. The Morgan fingerprint density at radius 1 is 0.426 bits per heavy atom. The van der Waals surface area contributed by atoms with E-state index in [1.807, 2.05) is 20.8 Å². The summed E-state index contributed by atoms with van der Waals surface area (Å²) in [6, 6.07) is 0. The molecule has 0 atom stereocenters. The lowest BCUT2D eigenvalue weighted by Gasteiger charge is -2.19. The molecule has 17 nitrogen and oxygen atoms in total. The molecule has 0 bridgehead atoms. The third-order valence-corrected chi connectivity index (χ3v) is 8.48. The monoisotopic (exact) mass is 909 g/mol. The van der Waals surface area contributed by atoms with Crippen molar-refractivity contribution in [2.75, 3.05) is 165 Å². The van der Waals surface area contributed by atoms with Gasteiger partial charge in [0.1, 0.15) is 14.6 Å². The molecule has 0 spiro atoms. The highest BCUT2D eigenvalue weighted by atomic mass is 79.9. The number of imide groups is 1. The summed E-state index contributed by atoms with van der Waals surface area (Å²) in [4.78, 5) is 36.5. The van der Waals surface area contributed by atoms with E-state index in [2.05, 4.69) is 31.9 Å². The molecule has 0 saturated carbocycles. The maximum atomic E-state index is 11.9. The summed E-state index contributed by atoms with van der Waals surface area (Å²) in [5.41, 5.74) is -0.481. The normalized spacial score (nSPS) is 13.5. The van der Waals surface area contributed by atoms with Crippen LogP contribution in [-0.4, -0.2) is 193 Å². The second-order valence-electron chi connectivity index (χ2n) is 12.1. The topological polar surface area (TPSA) is 174 Å². The van der Waals surface area contributed by atoms with Crippen LogP contribution in [-0.2, 0) is 76.0 Å². The van der Waals surface area contributed by atoms with E-state index in [1.165, 1.54) is 0 Å². The highest BCUT2D eigenvalue weighted by Gasteiger charge is 2.35. The molecule has 19 heteroatoms. The zero-order valence-corrected chi connectivity index (χ0v) is 35.3. The van der Waals surface area contributed by atoms with Crippen LogP contribution in [0.2, 0.25) is 0 Å². The molecule has 54 heavy (non-hydrogen) atoms. The van der Waals surface area contributed by atoms with Gasteiger partial charge in [-0.05, 0) is 52.6 Å². The number of hydrogen-bond acceptors (Lipinski definition) is 16. The second kappa shape index (κ2) is 35.0. The Labute approximate surface area is 336 Å². The van der Waals surface area contributed by atoms with Crippen LogP contribution in [0, 0.1) is 0 Å². The van der Waals surface area contributed by atoms with Gasteiger partial charge >= 0.3 is 5.97 Å². The van der Waals surface area contributed by atoms with E-state index in [4.69, 9.17) is 61.6 Å². The van der Waals surface area contributed by atoms with E-state index in [0.29, 0.717) is 152 Å². The lowest BCUT2D eigenvalue weighted by Crippen LogP contribution is -2.34. The van der Waals surface area contributed by atoms with Gasteiger partial charge in [-0.25, -0.2) is 0 Å². The lowest BCUT2D eigenvalue weighted by atomic mass is 10.2. The SMILES string of the molecule is CC(C)(C)OC(=O)CCOCCOCCOCCOCCOCCOCCOCCOCCOCCOCCOCCOCCN1C(=O)C(Br)=C(Br)C1=O. The predicted molar refractivity (Wildman–Crippen MR) is 202 cm³/mol. The van der Waals surface area contributed by atoms with Crippen LogP contribution in [0.3, 0.4) is 0 Å². The molecule has 1 aliphatic heterocycles. The number of ether oxygens (including phenoxy) is 13. The van der Waals surface area contributed by atoms with Crippen molar-refractivity contribution in [1.29, 1.82) is 0 Å². The van der Waals surface area contributed by atoms with Crippen LogP contribution in [0.4, 0.5) is 0 Å². The first-order valence-electron chi connectivity index (χ1n) is 18.2. The number of esters is 1. The van der Waals surface area contributed by atoms with Crippen LogP contribution in [0.15, 0.2) is 8.96 Å². The highest BCUT2D eigenvalue weighted by molar-refractivity contribution is 9.14. The molecule has 2 amide bonds. The maximum Gasteiger partial charge on any atom is 0.308 e. The van der Waals surface area contributed by atoms with Crippen molar-refractivity contribution in [1.82, 2.24) is 4.90 Å². The van der Waals surface area contributed by atoms with Gasteiger partial charge < -0.3 is 61.6 Å². The predicted octanol–water partition coefficient (Wildman–Crippen LogP) is 2.29. The number of carbonyl (C=O) groups excluding carboxylic acids is 3. The first-order chi connectivity index (χ1) is 26.1. The Hall–Kier alpha value is -1.17. The Morgan fingerprint density at radius 2 is 0.648 bits per heavy atom. The van der Waals surface area contributed by atoms with Gasteiger partial charge in [0.2, 0.25) is 0 Å². The van der Waals surface area contributed by atoms with Gasteiger partial charge in [-0.3, -0.25) is 19.3 Å². The molecule has 0 aliphatic carbocycles. The summed E-state index contributed by atoms with van der Waals surface area (Å²) >= 11 is 6.17. The van der Waals surface area contributed by atoms with Crippen molar-refractivity contribution >= 4 is 49.6 Å². The molecule has 0 unspecified atom stereocenters. The summed E-state index contributed by atoms with van der Waals surface area (Å²) in [5.74, 6) is -1.03. The molecular formula is C35H61Br2NO16. The average molecular weight is 912 g/mol. The largest absolute Gasteiger partial charge is 0.460 e. The smallest absolute Gasteiger partial charge is 0.308 e. The average Bonchev–Trinajstić information content (AvgIpc) is 3.31. The van der Waals surface area contributed by atoms with E-state index in [0.717, 1.165) is 4.90 Å². The van der Waals surface area contributed by atoms with Crippen molar-refractivity contribution in [3.8, 4) is 0 Å². The molecule has 0 aromatic rings. The fourth-order valence-electron chi connectivity index (χ4n) is 3.95. The van der Waals surface area contributed by atoms with E-state index < -0.39 is 5.60 Å². The standard InChI is InChI=1S/C35H61Br2NO16/c1-35(2,3)54-30(39)4-6-42-8-10-44-12-14-46-16-18-48-20-22-50-24-26-52-28-29-53-27-25-51-23-21-49-19-17-47-15-13-45-11-9-43-7-5-38-33(40)31(36)32(37)34(38)41/h4-29H2,1-3H3. The molecule has 1 rings (SSSR count). The first kappa shape index (κ1) is 50.8. The molecule has 0 saturated heterocycles. The molecule has 1 heterocycles. The quantitative estimate of drug-likeness (QED) is 0.0499. The molecule has 1 aliphatic rings. The van der Waals surface area contributed by atoms with Gasteiger partial charge in [-0.15, -0.1) is 0 Å². The first-order valence-corrected chi connectivity index (χ1v) is 19.8. The van der Waals surface area contributed by atoms with Crippen molar-refractivity contribution in [3.05, 3.63) is 8.96 Å². The van der Waals surface area contributed by atoms with Gasteiger partial charge in [0.15, 0.2) is 0 Å². The molecule has 0 fully saturated rings. The number of hydrogen-bond donors (Lipinski definition) is 0. The summed E-state index contributed by atoms with van der Waals surface area (Å²) < 4.78 is 71.0. The van der Waals surface area contributed by atoms with E-state index in [-0.39, 0.29) is 46.3 Å². The van der Waals surface area contributed by atoms with Crippen LogP contribution >= 0.6 is 31.9 Å². The fourth-order valence-corrected chi connectivity index (χ4v) is 4.71. The summed E-state index contributed by atoms with van der Waals surface area (Å²) in [7, 11) is 0. The molecule has 316 valence electrons. The molecule has 0 aromatic carbocycles. The number of carbonyl (C=O) groups is 3. The van der Waals surface area contributed by atoms with Gasteiger partial charge in [-0.1, -0.05) is 0 Å². The fraction of sp³-hybridized carbons (Fsp3) is 0.857. The van der Waals surface area contributed by atoms with E-state index in [9.17, 15) is 14.4 Å². The zero-order chi connectivity index (χ0) is 39.5. The Morgan fingerprint density at radius 3 is 0.889 bits per heavy atom. The second-order valence-corrected chi connectivity index (χ2v) is 13.7. The van der Waals surface area contributed by atoms with Crippen molar-refractivity contribution in [2.45, 2.75) is 32.8 Å². The third kappa shape index (κ3) is 30.0. The molecular weight excluding hydrogens is 850 g/mol. The van der Waals surface area contributed by atoms with Crippen LogP contribution in [0.25, 0.3) is 0 Å². The maximum absolute atomic E-state index is 11.9. The minimum atomic E-state index is -0.481. The van der Waals surface area contributed by atoms with Crippen molar-refractivity contribution in [2.24, 2.45) is 0 Å². The van der Waals surface area contributed by atoms with Crippen LogP contribution < -0.4 is 0 Å². The number of halogens is 2. The van der Waals surface area contributed by atoms with Crippen molar-refractivity contribution < 1.29 is 76.0 Å². The van der Waals surface area contributed by atoms with Gasteiger partial charge in [0, 0.05) is 0 Å². The van der Waals surface area contributed by atoms with E-state index in [1.54, 1.807) is 0 Å². The number of rotatable bonds is 39. The molecule has 0 aromatic heterocycles. The van der Waals surface area contributed by atoms with E-state index >= 15 is 0 Å². The third-order valence-electron chi connectivity index (χ3n) is 6.48. The summed E-state index contributed by atoms with van der Waals surface area (Å²) in [5, 5.41) is 0. The number of amides is 2. The lowest BCUT2D eigenvalue weighted by molar-refractivity contribution is -0.156. The minimum Gasteiger partial charge on any atom is -0.460 e.